The summed E-state index contributed by atoms with van der Waals surface area (Å²) in [5.74, 6) is 1.05. The van der Waals surface area contributed by atoms with Crippen LogP contribution in [0.5, 0.6) is 5.75 Å². The van der Waals surface area contributed by atoms with Gasteiger partial charge in [-0.2, -0.15) is 0 Å². The van der Waals surface area contributed by atoms with Crippen LogP contribution in [0.15, 0.2) is 12.1 Å². The molecule has 3 heteroatoms. The van der Waals surface area contributed by atoms with Crippen LogP contribution in [0.2, 0.25) is 0 Å². The first kappa shape index (κ1) is 10.9. The topological polar surface area (TPSA) is 33.3 Å². The van der Waals surface area contributed by atoms with Crippen molar-refractivity contribution in [3.05, 3.63) is 23.3 Å². The highest BCUT2D eigenvalue weighted by atomic mass is 16.5. The molecule has 1 atom stereocenters. The Morgan fingerprint density at radius 3 is 2.76 bits per heavy atom. The van der Waals surface area contributed by atoms with Crippen molar-refractivity contribution in [2.24, 2.45) is 0 Å². The lowest BCUT2D eigenvalue weighted by Crippen LogP contribution is -2.30. The van der Waals surface area contributed by atoms with Crippen LogP contribution in [0.1, 0.15) is 24.5 Å². The van der Waals surface area contributed by atoms with Gasteiger partial charge in [-0.25, -0.2) is 0 Å². The van der Waals surface area contributed by atoms with Crippen molar-refractivity contribution in [3.8, 4) is 5.75 Å². The van der Waals surface area contributed by atoms with E-state index in [2.05, 4.69) is 29.7 Å². The Bertz CT molecular complexity index is 417. The molecule has 0 fully saturated rings. The highest BCUT2D eigenvalue weighted by Crippen LogP contribution is 2.33. The van der Waals surface area contributed by atoms with Crippen molar-refractivity contribution in [2.75, 3.05) is 25.0 Å². The molecule has 0 spiro atoms. The lowest BCUT2D eigenvalue weighted by atomic mass is 10.0. The lowest BCUT2D eigenvalue weighted by Gasteiger charge is -2.27. The van der Waals surface area contributed by atoms with E-state index in [1.54, 1.807) is 0 Å². The minimum absolute atomic E-state index is 0.324. The van der Waals surface area contributed by atoms with Gasteiger partial charge < -0.3 is 15.4 Å². The summed E-state index contributed by atoms with van der Waals surface area (Å²) < 4.78 is 6.01. The van der Waals surface area contributed by atoms with Gasteiger partial charge in [0.1, 0.15) is 11.9 Å². The van der Waals surface area contributed by atoms with E-state index in [9.17, 15) is 0 Å². The maximum Gasteiger partial charge on any atom is 0.143 e. The molecule has 0 aromatic heterocycles. The zero-order chi connectivity index (χ0) is 11.7. The summed E-state index contributed by atoms with van der Waals surface area (Å²) >= 11 is 0. The molecule has 0 amide bonds. The van der Waals surface area contributed by atoms with Crippen molar-refractivity contribution < 1.29 is 4.74 Å². The monoisotopic (exact) mass is 232 g/mol. The highest BCUT2D eigenvalue weighted by Gasteiger charge is 2.20. The highest BCUT2D eigenvalue weighted by molar-refractivity contribution is 5.62. The molecule has 0 bridgehead atoms. The van der Waals surface area contributed by atoms with E-state index >= 15 is 0 Å². The first-order valence-corrected chi connectivity index (χ1v) is 6.64. The molecule has 3 rings (SSSR count). The van der Waals surface area contributed by atoms with E-state index in [1.807, 2.05) is 0 Å². The van der Waals surface area contributed by atoms with Crippen molar-refractivity contribution >= 4 is 5.69 Å². The second-order valence-electron chi connectivity index (χ2n) is 4.90. The molecule has 1 aromatic rings. The summed E-state index contributed by atoms with van der Waals surface area (Å²) in [6, 6.07) is 4.52. The van der Waals surface area contributed by atoms with E-state index in [0.717, 1.165) is 44.6 Å². The van der Waals surface area contributed by atoms with Crippen molar-refractivity contribution in [2.45, 2.75) is 32.3 Å². The lowest BCUT2D eigenvalue weighted by molar-refractivity contribution is 0.201. The average molecular weight is 232 g/mol. The summed E-state index contributed by atoms with van der Waals surface area (Å²) in [7, 11) is 0. The van der Waals surface area contributed by atoms with Crippen LogP contribution >= 0.6 is 0 Å². The fraction of sp³-hybridized carbons (Fsp3) is 0.571. The number of anilines is 1. The molecule has 92 valence electrons. The zero-order valence-electron chi connectivity index (χ0n) is 10.4. The van der Waals surface area contributed by atoms with Gasteiger partial charge in [-0.05, 0) is 55.6 Å². The van der Waals surface area contributed by atoms with Gasteiger partial charge in [0.05, 0.1) is 12.2 Å². The van der Waals surface area contributed by atoms with Crippen LogP contribution in [0.4, 0.5) is 5.69 Å². The van der Waals surface area contributed by atoms with Gasteiger partial charge >= 0.3 is 0 Å². The molecule has 2 heterocycles. The molecular weight excluding hydrogens is 212 g/mol. The van der Waals surface area contributed by atoms with E-state index in [-0.39, 0.29) is 0 Å². The quantitative estimate of drug-likeness (QED) is 0.776. The molecule has 2 aliphatic heterocycles. The molecular formula is C14H20N2O. The third-order valence-electron chi connectivity index (χ3n) is 3.71. The zero-order valence-corrected chi connectivity index (χ0v) is 10.4. The number of nitrogens with one attached hydrogen (secondary N) is 2. The number of hydrogen-bond acceptors (Lipinski definition) is 3. The minimum Gasteiger partial charge on any atom is -0.486 e. The predicted octanol–water partition coefficient (Wildman–Crippen LogP) is 1.96. The van der Waals surface area contributed by atoms with E-state index < -0.39 is 0 Å². The SMILES string of the molecule is CCC1CNc2cc3c(cc2O1)CCNCC3. The van der Waals surface area contributed by atoms with Crippen LogP contribution in [0.3, 0.4) is 0 Å². The normalized spacial score (nSPS) is 22.8. The Labute approximate surface area is 103 Å². The van der Waals surface area contributed by atoms with Gasteiger partial charge in [-0.15, -0.1) is 0 Å². The van der Waals surface area contributed by atoms with Crippen molar-refractivity contribution in [1.82, 2.24) is 5.32 Å². The molecule has 0 saturated heterocycles. The molecule has 3 nitrogen and oxygen atoms in total. The molecule has 0 saturated carbocycles. The molecule has 2 aliphatic rings. The van der Waals surface area contributed by atoms with Crippen molar-refractivity contribution in [3.63, 3.8) is 0 Å². The molecule has 17 heavy (non-hydrogen) atoms. The smallest absolute Gasteiger partial charge is 0.143 e. The Balaban J connectivity index is 1.93. The predicted molar refractivity (Wildman–Crippen MR) is 69.9 cm³/mol. The largest absolute Gasteiger partial charge is 0.486 e. The van der Waals surface area contributed by atoms with Gasteiger partial charge in [-0.1, -0.05) is 6.92 Å². The number of ether oxygens (including phenoxy) is 1. The maximum atomic E-state index is 6.01. The Morgan fingerprint density at radius 2 is 2.00 bits per heavy atom. The third-order valence-corrected chi connectivity index (χ3v) is 3.71. The third kappa shape index (κ3) is 2.12. The maximum absolute atomic E-state index is 6.01. The van der Waals surface area contributed by atoms with Gasteiger partial charge in [0.25, 0.3) is 0 Å². The Kier molecular flexibility index (Phi) is 2.93. The van der Waals surface area contributed by atoms with E-state index in [4.69, 9.17) is 4.74 Å². The average Bonchev–Trinajstić information content (AvgIpc) is 2.60. The molecule has 1 unspecified atom stereocenters. The summed E-state index contributed by atoms with van der Waals surface area (Å²) in [5.41, 5.74) is 4.10. The Hall–Kier alpha value is -1.22. The van der Waals surface area contributed by atoms with Crippen LogP contribution in [0, 0.1) is 0 Å². The second kappa shape index (κ2) is 4.57. The standard InChI is InChI=1S/C14H20N2O/c1-2-12-9-16-13-7-10-3-5-15-6-4-11(10)8-14(13)17-12/h7-8,12,15-16H,2-6,9H2,1H3. The van der Waals surface area contributed by atoms with Crippen LogP contribution in [-0.2, 0) is 12.8 Å². The van der Waals surface area contributed by atoms with Crippen molar-refractivity contribution in [1.29, 1.82) is 0 Å². The Morgan fingerprint density at radius 1 is 1.24 bits per heavy atom. The fourth-order valence-corrected chi connectivity index (χ4v) is 2.61. The minimum atomic E-state index is 0.324. The van der Waals surface area contributed by atoms with E-state index in [0.29, 0.717) is 6.10 Å². The number of rotatable bonds is 1. The summed E-state index contributed by atoms with van der Waals surface area (Å²) in [5, 5.41) is 6.93. The second-order valence-corrected chi connectivity index (χ2v) is 4.90. The number of hydrogen-bond donors (Lipinski definition) is 2. The summed E-state index contributed by atoms with van der Waals surface area (Å²) in [6.07, 6.45) is 3.62. The summed E-state index contributed by atoms with van der Waals surface area (Å²) in [6.45, 7) is 5.27. The first-order valence-electron chi connectivity index (χ1n) is 6.64. The number of fused-ring (bicyclic) bond motifs is 2. The summed E-state index contributed by atoms with van der Waals surface area (Å²) in [4.78, 5) is 0. The van der Waals surface area contributed by atoms with Gasteiger partial charge in [0.2, 0.25) is 0 Å². The van der Waals surface area contributed by atoms with Gasteiger partial charge in [0.15, 0.2) is 0 Å². The molecule has 0 aliphatic carbocycles. The molecule has 2 N–H and O–H groups in total. The number of benzene rings is 1. The molecule has 1 aromatic carbocycles. The van der Waals surface area contributed by atoms with Crippen LogP contribution in [-0.4, -0.2) is 25.7 Å². The van der Waals surface area contributed by atoms with Gasteiger partial charge in [0, 0.05) is 0 Å². The first-order chi connectivity index (χ1) is 8.36. The van der Waals surface area contributed by atoms with Gasteiger partial charge in [-0.3, -0.25) is 0 Å². The van der Waals surface area contributed by atoms with Crippen LogP contribution in [0.25, 0.3) is 0 Å². The van der Waals surface area contributed by atoms with Crippen LogP contribution < -0.4 is 15.4 Å². The fourth-order valence-electron chi connectivity index (χ4n) is 2.61. The van der Waals surface area contributed by atoms with E-state index in [1.165, 1.54) is 16.8 Å². The molecule has 0 radical (unpaired) electrons.